The Kier molecular flexibility index (Phi) is 2.61. The summed E-state index contributed by atoms with van der Waals surface area (Å²) >= 11 is 0. The van der Waals surface area contributed by atoms with Crippen LogP contribution in [0.1, 0.15) is 0 Å². The van der Waals surface area contributed by atoms with E-state index in [0.717, 1.165) is 4.80 Å². The molecule has 88 valence electrons. The van der Waals surface area contributed by atoms with Crippen LogP contribution < -0.4 is 5.73 Å². The number of aromatic hydroxyl groups is 1. The van der Waals surface area contributed by atoms with Crippen molar-refractivity contribution in [3.8, 4) is 17.1 Å². The van der Waals surface area contributed by atoms with Crippen molar-refractivity contribution in [1.29, 1.82) is 0 Å². The molecule has 1 aromatic carbocycles. The highest BCUT2D eigenvalue weighted by Gasteiger charge is 2.09. The highest BCUT2D eigenvalue weighted by atomic mass is 16.4. The summed E-state index contributed by atoms with van der Waals surface area (Å²) in [6, 6.07) is 4.45. The number of nitrogens with zero attached hydrogens (tertiary/aromatic N) is 4. The van der Waals surface area contributed by atoms with Gasteiger partial charge < -0.3 is 15.9 Å². The summed E-state index contributed by atoms with van der Waals surface area (Å²) in [4.78, 5) is 11.4. The number of hydrogen-bond donors (Lipinski definition) is 3. The molecule has 0 unspecified atom stereocenters. The number of phenols is 1. The third-order valence-electron chi connectivity index (χ3n) is 2.02. The summed E-state index contributed by atoms with van der Waals surface area (Å²) in [6.07, 6.45) is 0. The van der Waals surface area contributed by atoms with Gasteiger partial charge in [0.05, 0.1) is 5.69 Å². The Morgan fingerprint density at radius 1 is 1.47 bits per heavy atom. The van der Waals surface area contributed by atoms with E-state index in [9.17, 15) is 9.90 Å². The number of aliphatic carboxylic acids is 1. The highest BCUT2D eigenvalue weighted by molar-refractivity contribution is 5.67. The van der Waals surface area contributed by atoms with Gasteiger partial charge in [-0.15, -0.1) is 10.2 Å². The van der Waals surface area contributed by atoms with Crippen LogP contribution in [0.15, 0.2) is 18.2 Å². The molecular weight excluding hydrogens is 226 g/mol. The number of hydrogen-bond acceptors (Lipinski definition) is 6. The minimum atomic E-state index is -1.06. The lowest BCUT2D eigenvalue weighted by Gasteiger charge is -1.99. The van der Waals surface area contributed by atoms with Crippen molar-refractivity contribution in [2.75, 3.05) is 5.73 Å². The first-order chi connectivity index (χ1) is 8.06. The van der Waals surface area contributed by atoms with Gasteiger partial charge in [0.15, 0.2) is 6.54 Å². The lowest BCUT2D eigenvalue weighted by Crippen LogP contribution is -2.11. The monoisotopic (exact) mass is 235 g/mol. The number of aromatic nitrogens is 4. The second kappa shape index (κ2) is 4.08. The fraction of sp³-hybridized carbons (Fsp3) is 0.111. The van der Waals surface area contributed by atoms with E-state index < -0.39 is 5.97 Å². The van der Waals surface area contributed by atoms with Gasteiger partial charge in [-0.05, 0) is 23.4 Å². The van der Waals surface area contributed by atoms with Gasteiger partial charge in [-0.1, -0.05) is 0 Å². The third kappa shape index (κ3) is 2.30. The molecule has 0 amide bonds. The summed E-state index contributed by atoms with van der Waals surface area (Å²) < 4.78 is 0. The number of carboxylic acids is 1. The number of nitrogen functional groups attached to an aromatic ring is 1. The van der Waals surface area contributed by atoms with E-state index >= 15 is 0 Å². The first-order valence-electron chi connectivity index (χ1n) is 4.65. The van der Waals surface area contributed by atoms with Crippen LogP contribution in [0.5, 0.6) is 5.75 Å². The largest absolute Gasteiger partial charge is 0.506 e. The summed E-state index contributed by atoms with van der Waals surface area (Å²) in [5, 5.41) is 28.9. The molecule has 0 spiro atoms. The van der Waals surface area contributed by atoms with Gasteiger partial charge in [0.25, 0.3) is 0 Å². The highest BCUT2D eigenvalue weighted by Crippen LogP contribution is 2.24. The maximum absolute atomic E-state index is 10.4. The molecule has 0 saturated heterocycles. The zero-order valence-electron chi connectivity index (χ0n) is 8.61. The molecule has 0 fully saturated rings. The zero-order chi connectivity index (χ0) is 12.4. The van der Waals surface area contributed by atoms with Gasteiger partial charge in [-0.25, -0.2) is 0 Å². The maximum Gasteiger partial charge on any atom is 0.327 e. The van der Waals surface area contributed by atoms with Crippen molar-refractivity contribution in [2.24, 2.45) is 0 Å². The molecule has 0 aliphatic heterocycles. The smallest absolute Gasteiger partial charge is 0.327 e. The summed E-state index contributed by atoms with van der Waals surface area (Å²) in [5.74, 6) is -0.844. The van der Waals surface area contributed by atoms with E-state index in [1.165, 1.54) is 12.1 Å². The molecule has 0 atom stereocenters. The van der Waals surface area contributed by atoms with Crippen LogP contribution in [0.2, 0.25) is 0 Å². The summed E-state index contributed by atoms with van der Waals surface area (Å²) in [6.45, 7) is -0.361. The Morgan fingerprint density at radius 3 is 2.88 bits per heavy atom. The molecule has 8 nitrogen and oxygen atoms in total. The Labute approximate surface area is 95.3 Å². The second-order valence-electron chi connectivity index (χ2n) is 3.31. The SMILES string of the molecule is Nc1cc(-c2nnn(CC(=O)O)n2)ccc1O. The first-order valence-corrected chi connectivity index (χ1v) is 4.65. The first kappa shape index (κ1) is 10.9. The molecule has 2 aromatic rings. The molecule has 2 rings (SSSR count). The Bertz CT molecular complexity index is 566. The second-order valence-corrected chi connectivity index (χ2v) is 3.31. The predicted molar refractivity (Wildman–Crippen MR) is 57.0 cm³/mol. The molecule has 0 radical (unpaired) electrons. The average Bonchev–Trinajstić information content (AvgIpc) is 2.69. The minimum absolute atomic E-state index is 0.0355. The normalized spacial score (nSPS) is 10.4. The molecule has 1 aromatic heterocycles. The fourth-order valence-electron chi connectivity index (χ4n) is 1.24. The van der Waals surface area contributed by atoms with Crippen molar-refractivity contribution in [1.82, 2.24) is 20.2 Å². The quantitative estimate of drug-likeness (QED) is 0.492. The Balaban J connectivity index is 2.30. The lowest BCUT2D eigenvalue weighted by molar-refractivity contribution is -0.138. The Hall–Kier alpha value is -2.64. The summed E-state index contributed by atoms with van der Waals surface area (Å²) in [7, 11) is 0. The molecular formula is C9H9N5O3. The van der Waals surface area contributed by atoms with E-state index in [-0.39, 0.29) is 23.8 Å². The number of nitrogens with two attached hydrogens (primary N) is 1. The molecule has 4 N–H and O–H groups in total. The van der Waals surface area contributed by atoms with Crippen LogP contribution >= 0.6 is 0 Å². The van der Waals surface area contributed by atoms with E-state index in [1.807, 2.05) is 0 Å². The van der Waals surface area contributed by atoms with E-state index in [2.05, 4.69) is 15.4 Å². The van der Waals surface area contributed by atoms with Crippen LogP contribution in [0.25, 0.3) is 11.4 Å². The van der Waals surface area contributed by atoms with Crippen LogP contribution in [0.4, 0.5) is 5.69 Å². The lowest BCUT2D eigenvalue weighted by atomic mass is 10.2. The number of phenolic OH excluding ortho intramolecular Hbond substituents is 1. The number of anilines is 1. The van der Waals surface area contributed by atoms with Crippen LogP contribution in [0.3, 0.4) is 0 Å². The standard InChI is InChI=1S/C9H9N5O3/c10-6-3-5(1-2-7(6)15)9-11-13-14(12-9)4-8(16)17/h1-3,15H,4,10H2,(H,16,17). The van der Waals surface area contributed by atoms with E-state index in [0.29, 0.717) is 5.56 Å². The van der Waals surface area contributed by atoms with Gasteiger partial charge in [0.2, 0.25) is 5.82 Å². The molecule has 0 aliphatic rings. The number of carboxylic acid groups (broad SMARTS) is 1. The van der Waals surface area contributed by atoms with Crippen molar-refractivity contribution in [3.63, 3.8) is 0 Å². The number of tetrazole rings is 1. The fourth-order valence-corrected chi connectivity index (χ4v) is 1.24. The van der Waals surface area contributed by atoms with Gasteiger partial charge >= 0.3 is 5.97 Å². The maximum atomic E-state index is 10.4. The number of carbonyl (C=O) groups is 1. The number of benzene rings is 1. The molecule has 0 bridgehead atoms. The Morgan fingerprint density at radius 2 is 2.24 bits per heavy atom. The third-order valence-corrected chi connectivity index (χ3v) is 2.02. The molecule has 8 heteroatoms. The van der Waals surface area contributed by atoms with Gasteiger partial charge in [-0.3, -0.25) is 4.79 Å². The van der Waals surface area contributed by atoms with Gasteiger partial charge in [0, 0.05) is 5.56 Å². The van der Waals surface area contributed by atoms with Crippen LogP contribution in [-0.2, 0) is 11.3 Å². The van der Waals surface area contributed by atoms with Gasteiger partial charge in [0.1, 0.15) is 5.75 Å². The molecule has 0 aliphatic carbocycles. The average molecular weight is 235 g/mol. The summed E-state index contributed by atoms with van der Waals surface area (Å²) in [5.41, 5.74) is 6.26. The van der Waals surface area contributed by atoms with Gasteiger partial charge in [-0.2, -0.15) is 4.80 Å². The van der Waals surface area contributed by atoms with Crippen LogP contribution in [0, 0.1) is 0 Å². The predicted octanol–water partition coefficient (Wildman–Crippen LogP) is -0.288. The van der Waals surface area contributed by atoms with E-state index in [4.69, 9.17) is 10.8 Å². The minimum Gasteiger partial charge on any atom is -0.506 e. The molecule has 1 heterocycles. The van der Waals surface area contributed by atoms with Crippen LogP contribution in [-0.4, -0.2) is 36.4 Å². The van der Waals surface area contributed by atoms with Crippen molar-refractivity contribution >= 4 is 11.7 Å². The number of rotatable bonds is 3. The molecule has 17 heavy (non-hydrogen) atoms. The topological polar surface area (TPSA) is 127 Å². The van der Waals surface area contributed by atoms with Crippen molar-refractivity contribution < 1.29 is 15.0 Å². The van der Waals surface area contributed by atoms with E-state index in [1.54, 1.807) is 6.07 Å². The van der Waals surface area contributed by atoms with Crippen molar-refractivity contribution in [3.05, 3.63) is 18.2 Å². The van der Waals surface area contributed by atoms with Crippen molar-refractivity contribution in [2.45, 2.75) is 6.54 Å². The molecule has 0 saturated carbocycles. The zero-order valence-corrected chi connectivity index (χ0v) is 8.61.